The molecule has 0 spiro atoms. The van der Waals surface area contributed by atoms with Gasteiger partial charge in [-0.05, 0) is 247 Å². The largest absolute Gasteiger partial charge is 0.506 e. The van der Waals surface area contributed by atoms with E-state index >= 15 is 0 Å². The van der Waals surface area contributed by atoms with Gasteiger partial charge in [0.05, 0.1) is 89.8 Å². The Bertz CT molecular complexity index is 4110. The summed E-state index contributed by atoms with van der Waals surface area (Å²) in [4.78, 5) is 37.8. The van der Waals surface area contributed by atoms with Crippen molar-refractivity contribution < 1.29 is 55.0 Å². The van der Waals surface area contributed by atoms with Crippen LogP contribution >= 0.6 is 177 Å². The monoisotopic (exact) mass is 1790 g/mol. The molecule has 6 N–H and O–H groups in total. The highest BCUT2D eigenvalue weighted by molar-refractivity contribution is 14.1. The Kier molecular flexibility index (Phi) is 23.9. The van der Waals surface area contributed by atoms with E-state index in [9.17, 15) is 55.0 Å². The number of nitrogens with one attached hydrogen (secondary N) is 3. The Hall–Kier alpha value is -4.37. The van der Waals surface area contributed by atoms with Crippen molar-refractivity contribution in [1.82, 2.24) is 0 Å². The van der Waals surface area contributed by atoms with Gasteiger partial charge in [-0.2, -0.15) is 0 Å². The summed E-state index contributed by atoms with van der Waals surface area (Å²) in [5, 5.41) is 40.1. The highest BCUT2D eigenvalue weighted by Crippen LogP contribution is 2.37. The molecule has 0 radical (unpaired) electrons. The van der Waals surface area contributed by atoms with E-state index in [1.165, 1.54) is 158 Å². The van der Waals surface area contributed by atoms with E-state index in [-0.39, 0.29) is 110 Å². The van der Waals surface area contributed by atoms with Crippen LogP contribution in [0.2, 0.25) is 40.2 Å². The number of aromatic hydroxyl groups is 3. The Labute approximate surface area is 586 Å². The minimum Gasteiger partial charge on any atom is -0.506 e. The van der Waals surface area contributed by atoms with Crippen LogP contribution in [0.4, 0.5) is 17.1 Å². The van der Waals surface area contributed by atoms with Crippen molar-refractivity contribution in [3.8, 4) is 17.2 Å². The summed E-state index contributed by atoms with van der Waals surface area (Å²) in [5.41, 5.74) is 0.127. The maximum Gasteiger partial charge on any atom is 0.259 e. The maximum absolute atomic E-state index is 12.9. The van der Waals surface area contributed by atoms with Gasteiger partial charge in [-0.15, -0.1) is 0 Å². The number of carbonyl (C=O) groups is 3. The van der Waals surface area contributed by atoms with Gasteiger partial charge in [0.15, 0.2) is 0 Å². The third kappa shape index (κ3) is 17.4. The molecule has 0 saturated carbocycles. The molecule has 0 unspecified atom stereocenters. The van der Waals surface area contributed by atoms with Gasteiger partial charge in [0.25, 0.3) is 17.7 Å². The van der Waals surface area contributed by atoms with Gasteiger partial charge in [0, 0.05) is 28.7 Å². The van der Waals surface area contributed by atoms with Crippen LogP contribution in [-0.2, 0) is 29.5 Å². The van der Waals surface area contributed by atoms with Crippen molar-refractivity contribution in [2.24, 2.45) is 0 Å². The highest BCUT2D eigenvalue weighted by Gasteiger charge is 2.25. The van der Waals surface area contributed by atoms with Gasteiger partial charge in [-0.25, -0.2) is 25.3 Å². The van der Waals surface area contributed by atoms with Crippen LogP contribution < -0.4 is 16.0 Å². The van der Waals surface area contributed by atoms with Crippen LogP contribution in [0.1, 0.15) is 31.1 Å². The van der Waals surface area contributed by atoms with Crippen molar-refractivity contribution in [3.63, 3.8) is 0 Å². The van der Waals surface area contributed by atoms with E-state index in [0.29, 0.717) is 22.2 Å². The molecule has 450 valence electrons. The molecule has 30 heteroatoms. The Morgan fingerprint density at radius 3 is 0.954 bits per heavy atom. The molecule has 0 fully saturated rings. The van der Waals surface area contributed by atoms with Gasteiger partial charge in [0.2, 0.25) is 29.5 Å². The van der Waals surface area contributed by atoms with Crippen LogP contribution in [-0.4, -0.2) is 58.3 Å². The van der Waals surface area contributed by atoms with Gasteiger partial charge in [0.1, 0.15) is 17.2 Å². The number of phenolic OH excluding ortho intramolecular Hbond substituents is 3. The second-order valence-electron chi connectivity index (χ2n) is 17.5. The molecule has 0 atom stereocenters. The van der Waals surface area contributed by atoms with Crippen molar-refractivity contribution in [3.05, 3.63) is 236 Å². The van der Waals surface area contributed by atoms with Crippen molar-refractivity contribution in [2.45, 2.75) is 29.4 Å². The molecule has 9 aromatic carbocycles. The van der Waals surface area contributed by atoms with E-state index in [0.717, 1.165) is 3.57 Å². The lowest BCUT2D eigenvalue weighted by atomic mass is 10.2. The zero-order valence-corrected chi connectivity index (χ0v) is 59.4. The fraction of sp³-hybridized carbons (Fsp3) is 0. The molecule has 9 rings (SSSR count). The minimum atomic E-state index is -3.86. The Morgan fingerprint density at radius 2 is 0.621 bits per heavy atom. The number of amides is 3. The first-order valence-corrected chi connectivity index (χ1v) is 35.2. The summed E-state index contributed by atoms with van der Waals surface area (Å²) < 4.78 is 79.0. The number of phenols is 3. The number of anilines is 3. The molecule has 0 saturated heterocycles. The molecule has 0 aliphatic rings. The summed E-state index contributed by atoms with van der Waals surface area (Å²) in [6.45, 7) is 0. The highest BCUT2D eigenvalue weighted by atomic mass is 127. The summed E-state index contributed by atoms with van der Waals surface area (Å²) in [5.74, 6) is -2.73. The van der Waals surface area contributed by atoms with Gasteiger partial charge in [-0.3, -0.25) is 14.4 Å². The van der Waals surface area contributed by atoms with Crippen LogP contribution in [0, 0.1) is 10.7 Å². The number of hydrogen-bond donors (Lipinski definition) is 6. The average molecular weight is 1790 g/mol. The Morgan fingerprint density at radius 1 is 0.345 bits per heavy atom. The predicted octanol–water partition coefficient (Wildman–Crippen LogP) is 18.2. The van der Waals surface area contributed by atoms with Gasteiger partial charge >= 0.3 is 0 Å². The third-order valence-corrected chi connectivity index (χ3v) is 22.0. The van der Waals surface area contributed by atoms with E-state index in [2.05, 4.69) is 31.9 Å². The molecule has 0 aromatic heterocycles. The molecule has 3 amide bonds. The lowest BCUT2D eigenvalue weighted by molar-refractivity contribution is 0.101. The Balaban J connectivity index is 0.000000186. The molecule has 0 heterocycles. The molecular weight excluding hydrogens is 1760 g/mol. The fourth-order valence-electron chi connectivity index (χ4n) is 7.34. The second-order valence-corrected chi connectivity index (χ2v) is 31.2. The quantitative estimate of drug-likeness (QED) is 0.0625. The molecule has 0 aliphatic heterocycles. The summed E-state index contributed by atoms with van der Waals surface area (Å²) >= 11 is 56.6. The fourth-order valence-corrected chi connectivity index (χ4v) is 15.8. The number of rotatable bonds is 12. The maximum atomic E-state index is 12.9. The van der Waals surface area contributed by atoms with Crippen LogP contribution in [0.25, 0.3) is 0 Å². The SMILES string of the molecule is O=C(Nc1cc(S(=O)(=O)c2ccc(Cl)cc2)ccc1Cl)c1cc(Cl)cc(Br)c1O.O=C(Nc1cc(S(=O)(=O)c2ccc(Cl)cc2)ccc1Cl)c1cc(Cl)cc(I)c1O.O=C(Nc1cc(S(=O)(=O)c2ccc(Cl)cc2)ccc1Cl)c1cc(I)cc(I)c1O. The number of hydrogen-bond acceptors (Lipinski definition) is 12. The van der Waals surface area contributed by atoms with Crippen molar-refractivity contribution in [2.75, 3.05) is 16.0 Å². The standard InChI is InChI=1S/C19H11BrCl3NO4S.C19H11Cl3INO4S.C19H11Cl2I2NO4S/c20-15-8-11(22)7-14(18(15)25)19(26)24-17-9-13(5-6-16(17)23)29(27,28)12-3-1-10(21)2-4-12;20-10-1-3-12(4-2-10)29(27,28)13-5-6-15(22)17(9-13)24-19(26)14-7-11(21)8-16(23)18(14)25;20-10-1-3-12(4-2-10)29(27,28)13-5-6-15(21)17(9-13)24-19(26)14-7-11(22)8-16(23)18(14)25/h3*1-9,25H,(H,24,26). The van der Waals surface area contributed by atoms with E-state index in [1.54, 1.807) is 6.07 Å². The van der Waals surface area contributed by atoms with Crippen LogP contribution in [0.3, 0.4) is 0 Å². The topological polar surface area (TPSA) is 250 Å². The number of sulfone groups is 3. The first kappa shape index (κ1) is 70.1. The van der Waals surface area contributed by atoms with Gasteiger partial charge in [-0.1, -0.05) is 92.8 Å². The number of carbonyl (C=O) groups excluding carboxylic acids is 3. The summed E-state index contributed by atoms with van der Waals surface area (Å²) in [7, 11) is -11.6. The predicted molar refractivity (Wildman–Crippen MR) is 369 cm³/mol. The lowest BCUT2D eigenvalue weighted by Crippen LogP contribution is -2.14. The molecular formula is C57H33BrCl8I3N3O12S3. The third-order valence-electron chi connectivity index (χ3n) is 11.7. The number of halogens is 12. The smallest absolute Gasteiger partial charge is 0.259 e. The molecule has 0 bridgehead atoms. The first-order valence-electron chi connectivity index (χ1n) is 23.7. The first-order chi connectivity index (χ1) is 40.8. The summed E-state index contributed by atoms with van der Waals surface area (Å²) in [6, 6.07) is 37.8. The minimum absolute atomic E-state index is 0.0397. The zero-order chi connectivity index (χ0) is 64.0. The molecule has 0 aliphatic carbocycles. The average Bonchev–Trinajstić information content (AvgIpc) is 3.04. The van der Waals surface area contributed by atoms with Crippen LogP contribution in [0.5, 0.6) is 17.2 Å². The lowest BCUT2D eigenvalue weighted by Gasteiger charge is -2.12. The molecule has 9 aromatic rings. The van der Waals surface area contributed by atoms with Crippen molar-refractivity contribution >= 4 is 241 Å². The van der Waals surface area contributed by atoms with Crippen molar-refractivity contribution in [1.29, 1.82) is 0 Å². The van der Waals surface area contributed by atoms with E-state index < -0.39 is 47.2 Å². The van der Waals surface area contributed by atoms with Gasteiger partial charge < -0.3 is 31.3 Å². The molecule has 15 nitrogen and oxygen atoms in total. The normalized spacial score (nSPS) is 11.3. The second kappa shape index (κ2) is 29.7. The molecule has 87 heavy (non-hydrogen) atoms. The van der Waals surface area contributed by atoms with E-state index in [1.807, 2.05) is 67.8 Å². The van der Waals surface area contributed by atoms with Crippen LogP contribution in [0.15, 0.2) is 198 Å². The summed E-state index contributed by atoms with van der Waals surface area (Å²) in [6.07, 6.45) is 0. The number of benzene rings is 9. The van der Waals surface area contributed by atoms with E-state index in [4.69, 9.17) is 92.8 Å². The zero-order valence-electron chi connectivity index (χ0n) is 42.9.